The highest BCUT2D eigenvalue weighted by molar-refractivity contribution is 4.47. The number of hydrogen-bond donors (Lipinski definition) is 0. The molecule has 16 heavy (non-hydrogen) atoms. The summed E-state index contributed by atoms with van der Waals surface area (Å²) in [6.45, 7) is 2.82. The van der Waals surface area contributed by atoms with E-state index in [4.69, 9.17) is 4.84 Å². The molecular weight excluding hydrogens is 202 g/mol. The highest BCUT2D eigenvalue weighted by Gasteiger charge is 1.92. The summed E-state index contributed by atoms with van der Waals surface area (Å²) in [6.07, 6.45) is 13.1. The van der Waals surface area contributed by atoms with Crippen molar-refractivity contribution in [1.29, 1.82) is 0 Å². The molecule has 0 fully saturated rings. The van der Waals surface area contributed by atoms with Gasteiger partial charge in [-0.2, -0.15) is 0 Å². The van der Waals surface area contributed by atoms with E-state index in [1.807, 2.05) is 0 Å². The smallest absolute Gasteiger partial charge is 0.0672 e. The van der Waals surface area contributed by atoms with Crippen molar-refractivity contribution >= 4 is 0 Å². The fourth-order valence-electron chi connectivity index (χ4n) is 1.78. The van der Waals surface area contributed by atoms with Gasteiger partial charge >= 0.3 is 0 Å². The second-order valence-corrected chi connectivity index (χ2v) is 4.45. The highest BCUT2D eigenvalue weighted by atomic mass is 16.9. The molecule has 0 saturated carbocycles. The SMILES string of the molecule is CCCCCCCCCCCCON(C)[O-]. The van der Waals surface area contributed by atoms with Gasteiger partial charge in [-0.3, -0.25) is 5.23 Å². The summed E-state index contributed by atoms with van der Waals surface area (Å²) in [5.41, 5.74) is 0. The van der Waals surface area contributed by atoms with E-state index in [0.717, 1.165) is 6.42 Å². The Balaban J connectivity index is 2.88. The Labute approximate surface area is 101 Å². The summed E-state index contributed by atoms with van der Waals surface area (Å²) in [4.78, 5) is 4.79. The van der Waals surface area contributed by atoms with Crippen LogP contribution in [-0.2, 0) is 4.84 Å². The van der Waals surface area contributed by atoms with E-state index < -0.39 is 0 Å². The van der Waals surface area contributed by atoms with Gasteiger partial charge in [0.1, 0.15) is 0 Å². The molecule has 0 bridgehead atoms. The molecule has 3 heteroatoms. The zero-order chi connectivity index (χ0) is 12.1. The Morgan fingerprint density at radius 2 is 1.25 bits per heavy atom. The predicted molar refractivity (Wildman–Crippen MR) is 68.9 cm³/mol. The van der Waals surface area contributed by atoms with Crippen LogP contribution in [0.5, 0.6) is 0 Å². The molecule has 0 N–H and O–H groups in total. The predicted octanol–water partition coefficient (Wildman–Crippen LogP) is 4.27. The third-order valence-electron chi connectivity index (χ3n) is 2.77. The van der Waals surface area contributed by atoms with E-state index in [-0.39, 0.29) is 0 Å². The molecule has 3 nitrogen and oxygen atoms in total. The molecule has 0 spiro atoms. The van der Waals surface area contributed by atoms with E-state index in [1.165, 1.54) is 64.8 Å². The Kier molecular flexibility index (Phi) is 12.9. The van der Waals surface area contributed by atoms with Crippen LogP contribution in [0.3, 0.4) is 0 Å². The monoisotopic (exact) mass is 230 g/mol. The van der Waals surface area contributed by atoms with Gasteiger partial charge in [-0.1, -0.05) is 64.7 Å². The molecule has 0 aromatic heterocycles. The van der Waals surface area contributed by atoms with Gasteiger partial charge in [0.2, 0.25) is 0 Å². The largest absolute Gasteiger partial charge is 0.762 e. The van der Waals surface area contributed by atoms with Crippen LogP contribution < -0.4 is 0 Å². The number of hydroxylamine groups is 2. The van der Waals surface area contributed by atoms with Crippen LogP contribution in [-0.4, -0.2) is 18.9 Å². The fourth-order valence-corrected chi connectivity index (χ4v) is 1.78. The molecule has 0 aliphatic carbocycles. The summed E-state index contributed by atoms with van der Waals surface area (Å²) in [5, 5.41) is 10.9. The van der Waals surface area contributed by atoms with Gasteiger partial charge < -0.3 is 10.0 Å². The molecule has 0 rings (SSSR count). The quantitative estimate of drug-likeness (QED) is 0.371. The van der Waals surface area contributed by atoms with E-state index in [9.17, 15) is 5.21 Å². The molecule has 0 aliphatic heterocycles. The first-order valence-corrected chi connectivity index (χ1v) is 6.81. The van der Waals surface area contributed by atoms with Crippen molar-refractivity contribution in [3.8, 4) is 0 Å². The third-order valence-corrected chi connectivity index (χ3v) is 2.77. The molecule has 0 heterocycles. The van der Waals surface area contributed by atoms with Crippen molar-refractivity contribution in [2.24, 2.45) is 0 Å². The van der Waals surface area contributed by atoms with Crippen molar-refractivity contribution in [3.63, 3.8) is 0 Å². The molecule has 0 amide bonds. The summed E-state index contributed by atoms with van der Waals surface area (Å²) in [6, 6.07) is 0. The molecule has 0 aliphatic rings. The maximum Gasteiger partial charge on any atom is 0.0672 e. The zero-order valence-corrected chi connectivity index (χ0v) is 11.0. The van der Waals surface area contributed by atoms with Crippen molar-refractivity contribution in [3.05, 3.63) is 5.21 Å². The molecule has 0 radical (unpaired) electrons. The van der Waals surface area contributed by atoms with Crippen LogP contribution >= 0.6 is 0 Å². The van der Waals surface area contributed by atoms with Gasteiger partial charge in [-0.15, -0.1) is 0 Å². The standard InChI is InChI=1S/C13H28NO2/c1-3-4-5-6-7-8-9-10-11-12-13-16-14(2)15/h3-13H2,1-2H3/q-1. The molecule has 0 aromatic carbocycles. The van der Waals surface area contributed by atoms with Gasteiger partial charge in [0.15, 0.2) is 0 Å². The van der Waals surface area contributed by atoms with E-state index in [2.05, 4.69) is 6.92 Å². The fraction of sp³-hybridized carbons (Fsp3) is 1.00. The Hall–Kier alpha value is -0.120. The minimum absolute atomic E-state index is 0.535. The van der Waals surface area contributed by atoms with Gasteiger partial charge in [0.05, 0.1) is 6.61 Å². The van der Waals surface area contributed by atoms with Crippen LogP contribution in [0.2, 0.25) is 0 Å². The molecule has 0 unspecified atom stereocenters. The first-order valence-electron chi connectivity index (χ1n) is 6.81. The summed E-state index contributed by atoms with van der Waals surface area (Å²) >= 11 is 0. The first kappa shape index (κ1) is 15.9. The van der Waals surface area contributed by atoms with Crippen molar-refractivity contribution in [2.45, 2.75) is 71.1 Å². The Morgan fingerprint density at radius 3 is 1.69 bits per heavy atom. The lowest BCUT2D eigenvalue weighted by molar-refractivity contribution is -0.101. The summed E-state index contributed by atoms with van der Waals surface area (Å²) < 4.78 is 0. The first-order chi connectivity index (χ1) is 7.77. The van der Waals surface area contributed by atoms with E-state index >= 15 is 0 Å². The number of hydrogen-bond acceptors (Lipinski definition) is 3. The topological polar surface area (TPSA) is 35.5 Å². The maximum absolute atomic E-state index is 10.4. The summed E-state index contributed by atoms with van der Waals surface area (Å²) in [7, 11) is 1.39. The van der Waals surface area contributed by atoms with Crippen molar-refractivity contribution in [1.82, 2.24) is 5.23 Å². The lowest BCUT2D eigenvalue weighted by atomic mass is 10.1. The van der Waals surface area contributed by atoms with Gasteiger partial charge in [-0.05, 0) is 13.5 Å². The van der Waals surface area contributed by atoms with Gasteiger partial charge in [0.25, 0.3) is 0 Å². The van der Waals surface area contributed by atoms with E-state index in [0.29, 0.717) is 11.8 Å². The molecule has 0 atom stereocenters. The molecule has 0 saturated heterocycles. The number of unbranched alkanes of at least 4 members (excludes halogenated alkanes) is 9. The lowest BCUT2D eigenvalue weighted by Crippen LogP contribution is -2.10. The maximum atomic E-state index is 10.4. The highest BCUT2D eigenvalue weighted by Crippen LogP contribution is 2.10. The Bertz CT molecular complexity index is 129. The number of nitrogens with zero attached hydrogens (tertiary/aromatic N) is 1. The summed E-state index contributed by atoms with van der Waals surface area (Å²) in [5.74, 6) is 0. The van der Waals surface area contributed by atoms with Crippen LogP contribution in [0.25, 0.3) is 0 Å². The van der Waals surface area contributed by atoms with Gasteiger partial charge in [-0.25, -0.2) is 0 Å². The van der Waals surface area contributed by atoms with Crippen LogP contribution in [0, 0.1) is 5.21 Å². The molecule has 98 valence electrons. The molecular formula is C13H28NO2-. The zero-order valence-electron chi connectivity index (χ0n) is 11.0. The van der Waals surface area contributed by atoms with Crippen molar-refractivity contribution in [2.75, 3.05) is 13.7 Å². The second-order valence-electron chi connectivity index (χ2n) is 4.45. The number of rotatable bonds is 12. The Morgan fingerprint density at radius 1 is 0.812 bits per heavy atom. The van der Waals surface area contributed by atoms with Crippen LogP contribution in [0.4, 0.5) is 0 Å². The molecule has 0 aromatic rings. The van der Waals surface area contributed by atoms with Crippen molar-refractivity contribution < 1.29 is 4.84 Å². The van der Waals surface area contributed by atoms with Gasteiger partial charge in [0, 0.05) is 0 Å². The van der Waals surface area contributed by atoms with Crippen LogP contribution in [0.1, 0.15) is 71.1 Å². The average molecular weight is 230 g/mol. The van der Waals surface area contributed by atoms with Crippen LogP contribution in [0.15, 0.2) is 0 Å². The van der Waals surface area contributed by atoms with E-state index in [1.54, 1.807) is 0 Å². The normalized spacial score (nSPS) is 11.2. The second kappa shape index (κ2) is 12.9. The third kappa shape index (κ3) is 13.9. The minimum Gasteiger partial charge on any atom is -0.762 e. The average Bonchev–Trinajstić information content (AvgIpc) is 2.25. The minimum atomic E-state index is 0.535. The lowest BCUT2D eigenvalue weighted by Gasteiger charge is -2.20.